The number of fused-ring (bicyclic) bond motifs is 1. The molecule has 0 saturated heterocycles. The van der Waals surface area contributed by atoms with Crippen LogP contribution >= 0.6 is 0 Å². The van der Waals surface area contributed by atoms with Gasteiger partial charge in [0.1, 0.15) is 11.3 Å². The van der Waals surface area contributed by atoms with E-state index in [9.17, 15) is 12.8 Å². The number of sulfone groups is 1. The number of nitrogens with two attached hydrogens (primary N) is 1. The summed E-state index contributed by atoms with van der Waals surface area (Å²) in [7, 11) is -3.41. The molecule has 108 valence electrons. The molecule has 3 rings (SSSR count). The SMILES string of the molecule is CS(=O)(=O)c1cccc2c1nc(N)n2-c1ccc(F)cc1. The van der Waals surface area contributed by atoms with Crippen LogP contribution in [0.4, 0.5) is 10.3 Å². The maximum atomic E-state index is 13.0. The van der Waals surface area contributed by atoms with Gasteiger partial charge in [-0.15, -0.1) is 0 Å². The van der Waals surface area contributed by atoms with Crippen LogP contribution in [0, 0.1) is 5.82 Å². The van der Waals surface area contributed by atoms with Crippen LogP contribution in [0.5, 0.6) is 0 Å². The normalized spacial score (nSPS) is 11.9. The smallest absolute Gasteiger partial charge is 0.205 e. The highest BCUT2D eigenvalue weighted by molar-refractivity contribution is 7.91. The van der Waals surface area contributed by atoms with E-state index in [4.69, 9.17) is 5.73 Å². The summed E-state index contributed by atoms with van der Waals surface area (Å²) in [5, 5.41) is 0. The first-order valence-corrected chi connectivity index (χ1v) is 8.00. The Bertz CT molecular complexity index is 931. The average molecular weight is 305 g/mol. The molecular weight excluding hydrogens is 293 g/mol. The Morgan fingerprint density at radius 3 is 2.43 bits per heavy atom. The molecule has 0 unspecified atom stereocenters. The lowest BCUT2D eigenvalue weighted by Gasteiger charge is -2.06. The molecule has 5 nitrogen and oxygen atoms in total. The second-order valence-corrected chi connectivity index (χ2v) is 6.66. The maximum Gasteiger partial charge on any atom is 0.205 e. The molecule has 7 heteroatoms. The molecule has 1 heterocycles. The van der Waals surface area contributed by atoms with E-state index in [0.717, 1.165) is 6.26 Å². The highest BCUT2D eigenvalue weighted by Crippen LogP contribution is 2.27. The van der Waals surface area contributed by atoms with Gasteiger partial charge in [-0.1, -0.05) is 6.07 Å². The number of imidazole rings is 1. The Labute approximate surface area is 120 Å². The van der Waals surface area contributed by atoms with Crippen LogP contribution in [-0.4, -0.2) is 24.2 Å². The average Bonchev–Trinajstić information content (AvgIpc) is 2.74. The quantitative estimate of drug-likeness (QED) is 0.787. The van der Waals surface area contributed by atoms with E-state index in [1.54, 1.807) is 28.8 Å². The van der Waals surface area contributed by atoms with Gasteiger partial charge in [-0.25, -0.2) is 17.8 Å². The largest absolute Gasteiger partial charge is 0.369 e. The molecule has 3 aromatic rings. The number of benzene rings is 2. The number of nitrogen functional groups attached to an aromatic ring is 1. The molecule has 0 aliphatic carbocycles. The predicted octanol–water partition coefficient (Wildman–Crippen LogP) is 2.15. The van der Waals surface area contributed by atoms with Crippen LogP contribution in [0.2, 0.25) is 0 Å². The second kappa shape index (κ2) is 4.56. The lowest BCUT2D eigenvalue weighted by molar-refractivity contribution is 0.602. The van der Waals surface area contributed by atoms with E-state index in [2.05, 4.69) is 4.98 Å². The van der Waals surface area contributed by atoms with Gasteiger partial charge in [0, 0.05) is 11.9 Å². The lowest BCUT2D eigenvalue weighted by Crippen LogP contribution is -2.00. The molecule has 0 fully saturated rings. The van der Waals surface area contributed by atoms with Crippen molar-refractivity contribution in [3.63, 3.8) is 0 Å². The third-order valence-corrected chi connectivity index (χ3v) is 4.29. The zero-order valence-corrected chi connectivity index (χ0v) is 11.9. The maximum absolute atomic E-state index is 13.0. The summed E-state index contributed by atoms with van der Waals surface area (Å²) in [6.07, 6.45) is 1.12. The first-order valence-electron chi connectivity index (χ1n) is 6.11. The van der Waals surface area contributed by atoms with Gasteiger partial charge in [-0.05, 0) is 36.4 Å². The summed E-state index contributed by atoms with van der Waals surface area (Å²) in [6, 6.07) is 10.6. The van der Waals surface area contributed by atoms with Crippen molar-refractivity contribution in [2.24, 2.45) is 0 Å². The summed E-state index contributed by atoms with van der Waals surface area (Å²) >= 11 is 0. The summed E-state index contributed by atoms with van der Waals surface area (Å²) in [5.41, 5.74) is 7.38. The van der Waals surface area contributed by atoms with Crippen molar-refractivity contribution in [2.45, 2.75) is 4.90 Å². The molecule has 0 saturated carbocycles. The lowest BCUT2D eigenvalue weighted by atomic mass is 10.2. The van der Waals surface area contributed by atoms with Gasteiger partial charge >= 0.3 is 0 Å². The number of hydrogen-bond acceptors (Lipinski definition) is 4. The Morgan fingerprint density at radius 2 is 1.81 bits per heavy atom. The Balaban J connectivity index is 2.35. The molecule has 2 aromatic carbocycles. The van der Waals surface area contributed by atoms with Crippen molar-refractivity contribution >= 4 is 26.8 Å². The molecule has 0 bridgehead atoms. The molecule has 2 N–H and O–H groups in total. The fraction of sp³-hybridized carbons (Fsp3) is 0.0714. The molecule has 21 heavy (non-hydrogen) atoms. The number of nitrogens with zero attached hydrogens (tertiary/aromatic N) is 2. The van der Waals surface area contributed by atoms with Crippen LogP contribution in [0.3, 0.4) is 0 Å². The van der Waals surface area contributed by atoms with Gasteiger partial charge in [0.25, 0.3) is 0 Å². The fourth-order valence-corrected chi connectivity index (χ4v) is 3.08. The zero-order chi connectivity index (χ0) is 15.2. The summed E-state index contributed by atoms with van der Waals surface area (Å²) in [6.45, 7) is 0. The highest BCUT2D eigenvalue weighted by atomic mass is 32.2. The van der Waals surface area contributed by atoms with Crippen molar-refractivity contribution in [1.82, 2.24) is 9.55 Å². The van der Waals surface area contributed by atoms with Crippen molar-refractivity contribution in [3.05, 3.63) is 48.3 Å². The van der Waals surface area contributed by atoms with Crippen LogP contribution in [0.15, 0.2) is 47.4 Å². The molecular formula is C14H12FN3O2S. The van der Waals surface area contributed by atoms with E-state index in [1.165, 1.54) is 18.2 Å². The summed E-state index contributed by atoms with van der Waals surface area (Å²) in [4.78, 5) is 4.26. The third kappa shape index (κ3) is 2.25. The topological polar surface area (TPSA) is 78.0 Å². The summed E-state index contributed by atoms with van der Waals surface area (Å²) < 4.78 is 38.2. The van der Waals surface area contributed by atoms with Gasteiger partial charge < -0.3 is 5.73 Å². The number of para-hydroxylation sites is 1. The zero-order valence-electron chi connectivity index (χ0n) is 11.1. The highest BCUT2D eigenvalue weighted by Gasteiger charge is 2.18. The molecule has 0 atom stereocenters. The minimum Gasteiger partial charge on any atom is -0.369 e. The van der Waals surface area contributed by atoms with E-state index in [-0.39, 0.29) is 16.7 Å². The standard InChI is InChI=1S/C14H12FN3O2S/c1-21(19,20)12-4-2-3-11-13(12)17-14(16)18(11)10-7-5-9(15)6-8-10/h2-8H,1H3,(H2,16,17). The van der Waals surface area contributed by atoms with Crippen molar-refractivity contribution < 1.29 is 12.8 Å². The molecule has 0 amide bonds. The minimum absolute atomic E-state index is 0.118. The first kappa shape index (κ1) is 13.6. The Kier molecular flexibility index (Phi) is 2.94. The molecule has 0 aliphatic heterocycles. The number of aromatic nitrogens is 2. The molecule has 1 aromatic heterocycles. The van der Waals surface area contributed by atoms with Crippen molar-refractivity contribution in [3.8, 4) is 5.69 Å². The first-order chi connectivity index (χ1) is 9.88. The van der Waals surface area contributed by atoms with Gasteiger partial charge in [0.05, 0.1) is 10.4 Å². The van der Waals surface area contributed by atoms with E-state index in [1.807, 2.05) is 0 Å². The molecule has 0 radical (unpaired) electrons. The van der Waals surface area contributed by atoms with E-state index >= 15 is 0 Å². The molecule has 0 spiro atoms. The van der Waals surface area contributed by atoms with Crippen LogP contribution in [0.1, 0.15) is 0 Å². The molecule has 0 aliphatic rings. The Morgan fingerprint density at radius 1 is 1.14 bits per heavy atom. The Hall–Kier alpha value is -2.41. The number of hydrogen-bond donors (Lipinski definition) is 1. The van der Waals surface area contributed by atoms with Crippen LogP contribution in [0.25, 0.3) is 16.7 Å². The monoisotopic (exact) mass is 305 g/mol. The fourth-order valence-electron chi connectivity index (χ4n) is 2.25. The number of halogens is 1. The number of anilines is 1. The predicted molar refractivity (Wildman–Crippen MR) is 78.6 cm³/mol. The third-order valence-electron chi connectivity index (χ3n) is 3.16. The van der Waals surface area contributed by atoms with Crippen molar-refractivity contribution in [1.29, 1.82) is 0 Å². The summed E-state index contributed by atoms with van der Waals surface area (Å²) in [5.74, 6) is -0.216. The van der Waals surface area contributed by atoms with Gasteiger partial charge in [0.15, 0.2) is 9.84 Å². The van der Waals surface area contributed by atoms with E-state index in [0.29, 0.717) is 16.7 Å². The van der Waals surface area contributed by atoms with Crippen molar-refractivity contribution in [2.75, 3.05) is 12.0 Å². The van der Waals surface area contributed by atoms with Gasteiger partial charge in [-0.3, -0.25) is 4.57 Å². The van der Waals surface area contributed by atoms with Gasteiger partial charge in [-0.2, -0.15) is 0 Å². The number of rotatable bonds is 2. The van der Waals surface area contributed by atoms with Gasteiger partial charge in [0.2, 0.25) is 5.95 Å². The van der Waals surface area contributed by atoms with E-state index < -0.39 is 9.84 Å². The van der Waals surface area contributed by atoms with Crippen LogP contribution in [-0.2, 0) is 9.84 Å². The minimum atomic E-state index is -3.41. The second-order valence-electron chi connectivity index (χ2n) is 4.68. The van der Waals surface area contributed by atoms with Crippen LogP contribution < -0.4 is 5.73 Å².